The van der Waals surface area contributed by atoms with Crippen LogP contribution in [0.15, 0.2) is 53.8 Å². The lowest BCUT2D eigenvalue weighted by atomic mass is 9.72. The highest BCUT2D eigenvalue weighted by Gasteiger charge is 2.44. The Bertz CT molecular complexity index is 925. The Kier molecular flexibility index (Phi) is 3.82. The van der Waals surface area contributed by atoms with Crippen LogP contribution in [0.1, 0.15) is 31.2 Å². The van der Waals surface area contributed by atoms with Gasteiger partial charge in [-0.1, -0.05) is 49.4 Å². The molecule has 2 aromatic rings. The van der Waals surface area contributed by atoms with Crippen molar-refractivity contribution in [3.63, 3.8) is 0 Å². The van der Waals surface area contributed by atoms with Crippen molar-refractivity contribution in [2.24, 2.45) is 17.6 Å². The molecular formula is C21H20N2O2. The maximum atomic E-state index is 12.8. The van der Waals surface area contributed by atoms with E-state index in [1.165, 1.54) is 0 Å². The van der Waals surface area contributed by atoms with Crippen molar-refractivity contribution in [1.82, 2.24) is 0 Å². The molecule has 1 aliphatic heterocycles. The van der Waals surface area contributed by atoms with E-state index in [0.29, 0.717) is 24.2 Å². The van der Waals surface area contributed by atoms with Gasteiger partial charge in [-0.05, 0) is 22.3 Å². The maximum Gasteiger partial charge on any atom is 0.164 e. The fourth-order valence-corrected chi connectivity index (χ4v) is 4.07. The van der Waals surface area contributed by atoms with Crippen LogP contribution in [0.4, 0.5) is 0 Å². The van der Waals surface area contributed by atoms with Crippen molar-refractivity contribution in [2.45, 2.75) is 31.9 Å². The Balaban J connectivity index is 1.89. The third-order valence-electron chi connectivity index (χ3n) is 5.25. The number of allylic oxidation sites excluding steroid dienone is 2. The van der Waals surface area contributed by atoms with Crippen LogP contribution in [0.25, 0.3) is 10.8 Å². The molecule has 126 valence electrons. The van der Waals surface area contributed by atoms with Crippen LogP contribution < -0.4 is 5.73 Å². The molecule has 0 saturated heterocycles. The monoisotopic (exact) mass is 332 g/mol. The summed E-state index contributed by atoms with van der Waals surface area (Å²) >= 11 is 0. The zero-order valence-corrected chi connectivity index (χ0v) is 14.1. The zero-order chi connectivity index (χ0) is 17.6. The van der Waals surface area contributed by atoms with Gasteiger partial charge >= 0.3 is 0 Å². The number of nitrogens with two attached hydrogens (primary N) is 1. The molecule has 0 amide bonds. The predicted molar refractivity (Wildman–Crippen MR) is 95.3 cm³/mol. The molecule has 0 fully saturated rings. The van der Waals surface area contributed by atoms with Crippen LogP contribution in [0.3, 0.4) is 0 Å². The second-order valence-corrected chi connectivity index (χ2v) is 7.10. The molecule has 1 aliphatic carbocycles. The Morgan fingerprint density at radius 2 is 1.92 bits per heavy atom. The summed E-state index contributed by atoms with van der Waals surface area (Å²) in [6.45, 7) is 2.04. The van der Waals surface area contributed by atoms with E-state index in [9.17, 15) is 10.1 Å². The van der Waals surface area contributed by atoms with Crippen LogP contribution in [0.2, 0.25) is 0 Å². The average Bonchev–Trinajstić information content (AvgIpc) is 2.59. The molecule has 2 N–H and O–H groups in total. The molecule has 2 aliphatic rings. The van der Waals surface area contributed by atoms with Gasteiger partial charge in [0.05, 0.1) is 6.07 Å². The first-order valence-corrected chi connectivity index (χ1v) is 8.65. The Hall–Kier alpha value is -2.64. The van der Waals surface area contributed by atoms with E-state index in [-0.39, 0.29) is 17.6 Å². The highest BCUT2D eigenvalue weighted by atomic mass is 16.5. The van der Waals surface area contributed by atoms with Crippen LogP contribution >= 0.6 is 0 Å². The molecule has 0 aromatic heterocycles. The van der Waals surface area contributed by atoms with Crippen molar-refractivity contribution < 1.29 is 9.53 Å². The standard InChI is InChI=1S/C21H20N2O2/c1-12-8-17(24)20-18(9-12)25-21(23)16(11-22)19(20)15-7-6-13-4-2-3-5-14(13)10-15/h2-7,10,12,16,19,21H,8-9,23H2,1H3. The minimum absolute atomic E-state index is 0.0825. The quantitative estimate of drug-likeness (QED) is 0.865. The number of nitriles is 1. The number of ketones is 1. The largest absolute Gasteiger partial charge is 0.478 e. The average molecular weight is 332 g/mol. The second-order valence-electron chi connectivity index (χ2n) is 7.10. The summed E-state index contributed by atoms with van der Waals surface area (Å²) in [6.07, 6.45) is 0.495. The maximum absolute atomic E-state index is 12.8. The lowest BCUT2D eigenvalue weighted by Crippen LogP contribution is -2.43. The van der Waals surface area contributed by atoms with Gasteiger partial charge in [-0.2, -0.15) is 5.26 Å². The van der Waals surface area contributed by atoms with E-state index >= 15 is 0 Å². The van der Waals surface area contributed by atoms with Gasteiger partial charge in [-0.25, -0.2) is 0 Å². The smallest absolute Gasteiger partial charge is 0.164 e. The number of ether oxygens (including phenoxy) is 1. The predicted octanol–water partition coefficient (Wildman–Crippen LogP) is 3.63. The van der Waals surface area contributed by atoms with Gasteiger partial charge in [0.2, 0.25) is 0 Å². The number of rotatable bonds is 1. The van der Waals surface area contributed by atoms with Crippen molar-refractivity contribution in [3.8, 4) is 6.07 Å². The van der Waals surface area contributed by atoms with E-state index in [0.717, 1.165) is 16.3 Å². The van der Waals surface area contributed by atoms with Gasteiger partial charge in [-0.15, -0.1) is 0 Å². The van der Waals surface area contributed by atoms with Gasteiger partial charge in [0.15, 0.2) is 12.0 Å². The molecule has 4 atom stereocenters. The lowest BCUT2D eigenvalue weighted by Gasteiger charge is -2.39. The van der Waals surface area contributed by atoms with Crippen LogP contribution in [0.5, 0.6) is 0 Å². The van der Waals surface area contributed by atoms with E-state index in [2.05, 4.69) is 18.2 Å². The SMILES string of the molecule is CC1CC(=O)C2=C(C1)OC(N)C(C#N)C2c1ccc2ccccc2c1. The number of nitrogens with zero attached hydrogens (tertiary/aromatic N) is 1. The number of carbonyl (C=O) groups is 1. The van der Waals surface area contributed by atoms with Gasteiger partial charge in [0.1, 0.15) is 11.7 Å². The van der Waals surface area contributed by atoms with E-state index in [1.54, 1.807) is 0 Å². The van der Waals surface area contributed by atoms with Crippen LogP contribution in [-0.2, 0) is 9.53 Å². The minimum Gasteiger partial charge on any atom is -0.478 e. The summed E-state index contributed by atoms with van der Waals surface area (Å²) < 4.78 is 5.79. The summed E-state index contributed by atoms with van der Waals surface area (Å²) in [6, 6.07) is 16.5. The van der Waals surface area contributed by atoms with Gasteiger partial charge in [-0.3, -0.25) is 10.5 Å². The normalized spacial score (nSPS) is 29.1. The molecule has 0 spiro atoms. The fourth-order valence-electron chi connectivity index (χ4n) is 4.07. The summed E-state index contributed by atoms with van der Waals surface area (Å²) in [7, 11) is 0. The highest BCUT2D eigenvalue weighted by molar-refractivity contribution is 5.99. The number of hydrogen-bond donors (Lipinski definition) is 1. The highest BCUT2D eigenvalue weighted by Crippen LogP contribution is 2.45. The fraction of sp³-hybridized carbons (Fsp3) is 0.333. The van der Waals surface area contributed by atoms with Crippen molar-refractivity contribution in [1.29, 1.82) is 5.26 Å². The van der Waals surface area contributed by atoms with Crippen LogP contribution in [0, 0.1) is 23.2 Å². The molecule has 2 aromatic carbocycles. The molecule has 4 heteroatoms. The number of benzene rings is 2. The Morgan fingerprint density at radius 3 is 2.68 bits per heavy atom. The first kappa shape index (κ1) is 15.9. The van der Waals surface area contributed by atoms with Crippen LogP contribution in [-0.4, -0.2) is 12.0 Å². The van der Waals surface area contributed by atoms with Crippen molar-refractivity contribution in [2.75, 3.05) is 0 Å². The first-order valence-electron chi connectivity index (χ1n) is 8.65. The minimum atomic E-state index is -0.710. The lowest BCUT2D eigenvalue weighted by molar-refractivity contribution is -0.118. The molecule has 4 rings (SSSR count). The third kappa shape index (κ3) is 2.61. The van der Waals surface area contributed by atoms with Gasteiger partial charge < -0.3 is 4.74 Å². The molecule has 0 bridgehead atoms. The van der Waals surface area contributed by atoms with E-state index < -0.39 is 12.1 Å². The Morgan fingerprint density at radius 1 is 1.16 bits per heavy atom. The molecule has 25 heavy (non-hydrogen) atoms. The molecular weight excluding hydrogens is 312 g/mol. The molecule has 0 saturated carbocycles. The molecule has 4 nitrogen and oxygen atoms in total. The molecule has 0 radical (unpaired) electrons. The summed E-state index contributed by atoms with van der Waals surface area (Å²) in [5.41, 5.74) is 7.75. The van der Waals surface area contributed by atoms with Crippen molar-refractivity contribution >= 4 is 16.6 Å². The van der Waals surface area contributed by atoms with Gasteiger partial charge in [0, 0.05) is 24.3 Å². The van der Waals surface area contributed by atoms with Crippen molar-refractivity contribution in [3.05, 3.63) is 59.4 Å². The first-order chi connectivity index (χ1) is 12.1. The Labute approximate surface area is 146 Å². The number of hydrogen-bond acceptors (Lipinski definition) is 4. The summed E-state index contributed by atoms with van der Waals surface area (Å²) in [4.78, 5) is 12.8. The molecule has 1 heterocycles. The van der Waals surface area contributed by atoms with E-state index in [4.69, 9.17) is 10.5 Å². The van der Waals surface area contributed by atoms with Gasteiger partial charge in [0.25, 0.3) is 0 Å². The van der Waals surface area contributed by atoms with E-state index in [1.807, 2.05) is 37.3 Å². The summed E-state index contributed by atoms with van der Waals surface area (Å²) in [5, 5.41) is 11.9. The third-order valence-corrected chi connectivity index (χ3v) is 5.25. The number of Topliss-reactive ketones (excluding diaryl/α,β-unsaturated/α-hetero) is 1. The second kappa shape index (κ2) is 6.02. The zero-order valence-electron chi connectivity index (χ0n) is 14.1. The summed E-state index contributed by atoms with van der Waals surface area (Å²) in [5.74, 6) is 0.111. The molecule has 4 unspecified atom stereocenters. The topological polar surface area (TPSA) is 76.1 Å². The number of carbonyl (C=O) groups excluding carboxylic acids is 1. The number of fused-ring (bicyclic) bond motifs is 1.